The van der Waals surface area contributed by atoms with Crippen LogP contribution in [0.25, 0.3) is 0 Å². The number of nitrogens with zero attached hydrogens (tertiary/aromatic N) is 2. The smallest absolute Gasteiger partial charge is 0.139 e. The second kappa shape index (κ2) is 5.24. The molecule has 4 heteroatoms. The van der Waals surface area contributed by atoms with Gasteiger partial charge in [-0.15, -0.1) is 0 Å². The SMILES string of the molecule is CC(C)(C)C1CCN(c2nc3c(cc2C(N)=S)CCC3)C1. The Balaban J connectivity index is 1.94. The van der Waals surface area contributed by atoms with Crippen LogP contribution in [0.3, 0.4) is 0 Å². The molecule has 0 saturated carbocycles. The number of rotatable bonds is 2. The third-order valence-corrected chi connectivity index (χ3v) is 5.23. The van der Waals surface area contributed by atoms with Gasteiger partial charge in [0.2, 0.25) is 0 Å². The molecule has 1 saturated heterocycles. The van der Waals surface area contributed by atoms with Gasteiger partial charge in [-0.2, -0.15) is 0 Å². The van der Waals surface area contributed by atoms with E-state index in [1.165, 1.54) is 24.1 Å². The summed E-state index contributed by atoms with van der Waals surface area (Å²) in [6.07, 6.45) is 4.63. The molecule has 21 heavy (non-hydrogen) atoms. The largest absolute Gasteiger partial charge is 0.389 e. The van der Waals surface area contributed by atoms with Gasteiger partial charge in [0.05, 0.1) is 5.56 Å². The van der Waals surface area contributed by atoms with Crippen molar-refractivity contribution in [3.8, 4) is 0 Å². The van der Waals surface area contributed by atoms with Gasteiger partial charge in [-0.1, -0.05) is 33.0 Å². The molecule has 114 valence electrons. The zero-order valence-corrected chi connectivity index (χ0v) is 14.1. The van der Waals surface area contributed by atoms with Gasteiger partial charge in [0.1, 0.15) is 10.8 Å². The Kier molecular flexibility index (Phi) is 3.68. The Morgan fingerprint density at radius 3 is 2.76 bits per heavy atom. The van der Waals surface area contributed by atoms with E-state index in [1.807, 2.05) is 0 Å². The minimum atomic E-state index is 0.342. The summed E-state index contributed by atoms with van der Waals surface area (Å²) in [6, 6.07) is 2.19. The first-order valence-corrected chi connectivity index (χ1v) is 8.34. The van der Waals surface area contributed by atoms with Crippen molar-refractivity contribution in [3.05, 3.63) is 22.9 Å². The predicted octanol–water partition coefficient (Wildman–Crippen LogP) is 3.08. The van der Waals surface area contributed by atoms with Gasteiger partial charge >= 0.3 is 0 Å². The van der Waals surface area contributed by atoms with Crippen LogP contribution in [-0.2, 0) is 12.8 Å². The average molecular weight is 303 g/mol. The molecule has 2 N–H and O–H groups in total. The van der Waals surface area contributed by atoms with Crippen LogP contribution in [0, 0.1) is 11.3 Å². The number of nitrogens with two attached hydrogens (primary N) is 1. The van der Waals surface area contributed by atoms with Crippen molar-refractivity contribution in [2.45, 2.75) is 46.5 Å². The van der Waals surface area contributed by atoms with Gasteiger partial charge < -0.3 is 10.6 Å². The number of aromatic nitrogens is 1. The monoisotopic (exact) mass is 303 g/mol. The molecule has 1 aromatic rings. The van der Waals surface area contributed by atoms with E-state index >= 15 is 0 Å². The number of anilines is 1. The third-order valence-electron chi connectivity index (χ3n) is 5.01. The first kappa shape index (κ1) is 14.8. The molecular formula is C17H25N3S. The molecule has 0 spiro atoms. The predicted molar refractivity (Wildman–Crippen MR) is 91.9 cm³/mol. The maximum Gasteiger partial charge on any atom is 0.139 e. The van der Waals surface area contributed by atoms with Crippen molar-refractivity contribution in [3.63, 3.8) is 0 Å². The number of fused-ring (bicyclic) bond motifs is 1. The lowest BCUT2D eigenvalue weighted by molar-refractivity contribution is 0.263. The van der Waals surface area contributed by atoms with Crippen LogP contribution >= 0.6 is 12.2 Å². The molecule has 1 aromatic heterocycles. The van der Waals surface area contributed by atoms with Crippen molar-refractivity contribution in [1.82, 2.24) is 4.98 Å². The highest BCUT2D eigenvalue weighted by Gasteiger charge is 2.33. The van der Waals surface area contributed by atoms with Crippen LogP contribution in [0.15, 0.2) is 6.07 Å². The molecule has 2 heterocycles. The maximum atomic E-state index is 5.96. The quantitative estimate of drug-likeness (QED) is 0.853. The summed E-state index contributed by atoms with van der Waals surface area (Å²) in [5.41, 5.74) is 9.87. The van der Waals surface area contributed by atoms with Crippen LogP contribution in [0.1, 0.15) is 50.4 Å². The first-order valence-electron chi connectivity index (χ1n) is 7.94. The topological polar surface area (TPSA) is 42.2 Å². The zero-order chi connectivity index (χ0) is 15.2. The van der Waals surface area contributed by atoms with Crippen molar-refractivity contribution >= 4 is 23.0 Å². The van der Waals surface area contributed by atoms with E-state index in [2.05, 4.69) is 31.7 Å². The standard InChI is InChI=1S/C17H25N3S/c1-17(2,3)12-7-8-20(10-12)16-13(15(18)21)9-11-5-4-6-14(11)19-16/h9,12H,4-8,10H2,1-3H3,(H2,18,21). The Labute approximate surface area is 132 Å². The normalized spacial score (nSPS) is 21.7. The minimum Gasteiger partial charge on any atom is -0.389 e. The highest BCUT2D eigenvalue weighted by atomic mass is 32.1. The van der Waals surface area contributed by atoms with Crippen LogP contribution in [0.4, 0.5) is 5.82 Å². The van der Waals surface area contributed by atoms with Crippen molar-refractivity contribution < 1.29 is 0 Å². The lowest BCUT2D eigenvalue weighted by Crippen LogP contribution is -2.28. The summed E-state index contributed by atoms with van der Waals surface area (Å²) >= 11 is 5.27. The molecule has 0 aromatic carbocycles. The molecule has 1 aliphatic carbocycles. The Morgan fingerprint density at radius 1 is 1.38 bits per heavy atom. The van der Waals surface area contributed by atoms with Gasteiger partial charge in [0, 0.05) is 18.8 Å². The molecule has 0 bridgehead atoms. The van der Waals surface area contributed by atoms with Gasteiger partial charge in [0.25, 0.3) is 0 Å². The highest BCUT2D eigenvalue weighted by molar-refractivity contribution is 7.80. The number of aryl methyl sites for hydroxylation is 2. The second-order valence-corrected chi connectivity index (χ2v) is 7.92. The lowest BCUT2D eigenvalue weighted by atomic mass is 9.80. The molecule has 1 aliphatic heterocycles. The number of thiocarbonyl (C=S) groups is 1. The molecule has 0 amide bonds. The molecule has 1 atom stereocenters. The number of pyridine rings is 1. The van der Waals surface area contributed by atoms with E-state index in [1.54, 1.807) is 0 Å². The number of hydrogen-bond acceptors (Lipinski definition) is 3. The molecule has 1 unspecified atom stereocenters. The van der Waals surface area contributed by atoms with Gasteiger partial charge in [-0.3, -0.25) is 0 Å². The van der Waals surface area contributed by atoms with Gasteiger partial charge in [0.15, 0.2) is 0 Å². The average Bonchev–Trinajstić information content (AvgIpc) is 3.05. The summed E-state index contributed by atoms with van der Waals surface area (Å²) in [7, 11) is 0. The fourth-order valence-corrected chi connectivity index (χ4v) is 3.69. The van der Waals surface area contributed by atoms with Gasteiger partial charge in [-0.25, -0.2) is 4.98 Å². The number of hydrogen-bond donors (Lipinski definition) is 1. The van der Waals surface area contributed by atoms with E-state index in [0.29, 0.717) is 16.3 Å². The van der Waals surface area contributed by atoms with E-state index in [4.69, 9.17) is 22.9 Å². The Morgan fingerprint density at radius 2 is 2.14 bits per heavy atom. The minimum absolute atomic E-state index is 0.342. The van der Waals surface area contributed by atoms with E-state index in [9.17, 15) is 0 Å². The molecule has 0 radical (unpaired) electrons. The van der Waals surface area contributed by atoms with Crippen LogP contribution < -0.4 is 10.6 Å². The van der Waals surface area contributed by atoms with Gasteiger partial charge in [-0.05, 0) is 48.6 Å². The summed E-state index contributed by atoms with van der Waals surface area (Å²) in [5.74, 6) is 1.72. The van der Waals surface area contributed by atoms with Crippen molar-refractivity contribution in [2.24, 2.45) is 17.1 Å². The van der Waals surface area contributed by atoms with Crippen LogP contribution in [0.2, 0.25) is 0 Å². The molecule has 3 rings (SSSR count). The van der Waals surface area contributed by atoms with Crippen LogP contribution in [0.5, 0.6) is 0 Å². The van der Waals surface area contributed by atoms with E-state index < -0.39 is 0 Å². The first-order chi connectivity index (χ1) is 9.86. The second-order valence-electron chi connectivity index (χ2n) is 7.48. The Bertz CT molecular complexity index is 574. The maximum absolute atomic E-state index is 5.96. The fraction of sp³-hybridized carbons (Fsp3) is 0.647. The molecule has 1 fully saturated rings. The molecular weight excluding hydrogens is 278 g/mol. The summed E-state index contributed by atoms with van der Waals surface area (Å²) in [6.45, 7) is 9.09. The molecule has 2 aliphatic rings. The summed E-state index contributed by atoms with van der Waals surface area (Å²) in [4.78, 5) is 7.80. The highest BCUT2D eigenvalue weighted by Crippen LogP contribution is 2.37. The summed E-state index contributed by atoms with van der Waals surface area (Å²) in [5, 5.41) is 0. The zero-order valence-electron chi connectivity index (χ0n) is 13.3. The summed E-state index contributed by atoms with van der Waals surface area (Å²) < 4.78 is 0. The third kappa shape index (κ3) is 2.78. The van der Waals surface area contributed by atoms with E-state index in [0.717, 1.165) is 37.3 Å². The Hall–Kier alpha value is -1.16. The van der Waals surface area contributed by atoms with Crippen LogP contribution in [-0.4, -0.2) is 23.1 Å². The van der Waals surface area contributed by atoms with Crippen molar-refractivity contribution in [1.29, 1.82) is 0 Å². The van der Waals surface area contributed by atoms with Crippen molar-refractivity contribution in [2.75, 3.05) is 18.0 Å². The van der Waals surface area contributed by atoms with E-state index in [-0.39, 0.29) is 0 Å². The lowest BCUT2D eigenvalue weighted by Gasteiger charge is -2.28. The molecule has 3 nitrogen and oxygen atoms in total. The fourth-order valence-electron chi connectivity index (χ4n) is 3.54.